The number of nitrogens with zero attached hydrogens (tertiary/aromatic N) is 1. The fourth-order valence-corrected chi connectivity index (χ4v) is 2.02. The van der Waals surface area contributed by atoms with E-state index < -0.39 is 0 Å². The van der Waals surface area contributed by atoms with Gasteiger partial charge in [0.25, 0.3) is 0 Å². The van der Waals surface area contributed by atoms with E-state index in [1.54, 1.807) is 0 Å². The number of rotatable bonds is 2. The molecule has 1 aliphatic heterocycles. The highest BCUT2D eigenvalue weighted by Crippen LogP contribution is 2.09. The van der Waals surface area contributed by atoms with Crippen LogP contribution in [0.4, 0.5) is 0 Å². The Morgan fingerprint density at radius 3 is 2.67 bits per heavy atom. The van der Waals surface area contributed by atoms with Gasteiger partial charge in [-0.25, -0.2) is 0 Å². The van der Waals surface area contributed by atoms with Gasteiger partial charge in [-0.2, -0.15) is 0 Å². The smallest absolute Gasteiger partial charge is 0.312 e. The van der Waals surface area contributed by atoms with Gasteiger partial charge < -0.3 is 4.74 Å². The Balaban J connectivity index is 2.02. The molecule has 1 aromatic rings. The van der Waals surface area contributed by atoms with Crippen LogP contribution in [0.5, 0.6) is 0 Å². The predicted molar refractivity (Wildman–Crippen MR) is 71.6 cm³/mol. The number of cyclic esters (lactones) is 1. The molecule has 0 radical (unpaired) electrons. The molecule has 2 rings (SSSR count). The number of carbonyl (C=O) groups is 1. The molecule has 0 aliphatic carbocycles. The molecule has 0 saturated heterocycles. The van der Waals surface area contributed by atoms with Crippen LogP contribution in [0.1, 0.15) is 37.7 Å². The molecular weight excluding hydrogens is 226 g/mol. The first kappa shape index (κ1) is 12.8. The summed E-state index contributed by atoms with van der Waals surface area (Å²) in [6.07, 6.45) is 5.36. The highest BCUT2D eigenvalue weighted by Gasteiger charge is 2.10. The molecule has 0 atom stereocenters. The molecule has 3 nitrogen and oxygen atoms in total. The van der Waals surface area contributed by atoms with Crippen molar-refractivity contribution in [1.82, 2.24) is 0 Å². The first-order chi connectivity index (χ1) is 8.84. The molecule has 0 saturated carbocycles. The molecule has 0 unspecified atom stereocenters. The Bertz CT molecular complexity index is 412. The van der Waals surface area contributed by atoms with Gasteiger partial charge in [-0.1, -0.05) is 43.2 Å². The molecule has 18 heavy (non-hydrogen) atoms. The second-order valence-corrected chi connectivity index (χ2v) is 4.58. The maximum atomic E-state index is 11.6. The lowest BCUT2D eigenvalue weighted by atomic mass is 10.1. The number of esters is 1. The quantitative estimate of drug-likeness (QED) is 0.751. The normalized spacial score (nSPS) is 17.8. The van der Waals surface area contributed by atoms with Crippen LogP contribution in [0.3, 0.4) is 0 Å². The number of aliphatic imine (C=N–C) groups is 1. The summed E-state index contributed by atoms with van der Waals surface area (Å²) < 4.78 is 5.34. The maximum absolute atomic E-state index is 11.6. The van der Waals surface area contributed by atoms with Crippen LogP contribution in [0.15, 0.2) is 35.3 Å². The first-order valence-electron chi connectivity index (χ1n) is 6.62. The molecular formula is C15H19NO2. The molecule has 1 aliphatic rings. The summed E-state index contributed by atoms with van der Waals surface area (Å²) in [4.78, 5) is 16.0. The van der Waals surface area contributed by atoms with E-state index in [2.05, 4.69) is 4.99 Å². The third-order valence-electron chi connectivity index (χ3n) is 3.01. The third-order valence-corrected chi connectivity index (χ3v) is 3.01. The van der Waals surface area contributed by atoms with Crippen molar-refractivity contribution >= 4 is 11.9 Å². The standard InChI is InChI=1S/C15H19NO2/c17-15-10-6-1-2-7-11-16-14(18-15)12-13-8-4-3-5-9-13/h3-5,8-9H,1-2,6-7,10-12H2. The number of carbonyl (C=O) groups excluding carboxylic acids is 1. The van der Waals surface area contributed by atoms with Crippen molar-refractivity contribution in [1.29, 1.82) is 0 Å². The van der Waals surface area contributed by atoms with E-state index in [-0.39, 0.29) is 5.97 Å². The number of hydrogen-bond acceptors (Lipinski definition) is 3. The summed E-state index contributed by atoms with van der Waals surface area (Å²) >= 11 is 0. The van der Waals surface area contributed by atoms with Gasteiger partial charge in [0.15, 0.2) is 5.90 Å². The van der Waals surface area contributed by atoms with E-state index in [1.807, 2.05) is 30.3 Å². The lowest BCUT2D eigenvalue weighted by Crippen LogP contribution is -2.16. The lowest BCUT2D eigenvalue weighted by molar-refractivity contribution is -0.135. The van der Waals surface area contributed by atoms with Crippen molar-refractivity contribution in [2.24, 2.45) is 4.99 Å². The highest BCUT2D eigenvalue weighted by molar-refractivity contribution is 5.90. The largest absolute Gasteiger partial charge is 0.412 e. The van der Waals surface area contributed by atoms with Crippen molar-refractivity contribution in [3.8, 4) is 0 Å². The minimum atomic E-state index is -0.147. The summed E-state index contributed by atoms with van der Waals surface area (Å²) in [5.41, 5.74) is 1.13. The summed E-state index contributed by atoms with van der Waals surface area (Å²) in [5, 5.41) is 0. The zero-order chi connectivity index (χ0) is 12.6. The SMILES string of the molecule is O=C1CCCCCCN=C(Cc2ccccc2)O1. The molecule has 96 valence electrons. The van der Waals surface area contributed by atoms with Crippen LogP contribution >= 0.6 is 0 Å². The zero-order valence-electron chi connectivity index (χ0n) is 10.6. The van der Waals surface area contributed by atoms with Gasteiger partial charge in [-0.05, 0) is 18.4 Å². The third kappa shape index (κ3) is 4.32. The summed E-state index contributed by atoms with van der Waals surface area (Å²) in [7, 11) is 0. The summed E-state index contributed by atoms with van der Waals surface area (Å²) in [5.74, 6) is 0.416. The molecule has 0 amide bonds. The van der Waals surface area contributed by atoms with Crippen LogP contribution in [-0.2, 0) is 16.0 Å². The van der Waals surface area contributed by atoms with Crippen LogP contribution in [0, 0.1) is 0 Å². The topological polar surface area (TPSA) is 38.7 Å². The molecule has 0 bridgehead atoms. The Kier molecular flexibility index (Phi) is 4.94. The van der Waals surface area contributed by atoms with Gasteiger partial charge >= 0.3 is 5.97 Å². The summed E-state index contributed by atoms with van der Waals surface area (Å²) in [6.45, 7) is 0.759. The van der Waals surface area contributed by atoms with E-state index in [0.29, 0.717) is 18.7 Å². The molecule has 1 heterocycles. The fraction of sp³-hybridized carbons (Fsp3) is 0.467. The average Bonchev–Trinajstić information content (AvgIpc) is 2.39. The number of benzene rings is 1. The van der Waals surface area contributed by atoms with Gasteiger partial charge in [0.05, 0.1) is 0 Å². The van der Waals surface area contributed by atoms with Gasteiger partial charge in [-0.3, -0.25) is 9.79 Å². The minimum absolute atomic E-state index is 0.147. The zero-order valence-corrected chi connectivity index (χ0v) is 10.6. The second kappa shape index (κ2) is 6.94. The van der Waals surface area contributed by atoms with E-state index in [1.165, 1.54) is 0 Å². The van der Waals surface area contributed by atoms with Gasteiger partial charge in [0.2, 0.25) is 0 Å². The minimum Gasteiger partial charge on any atom is -0.412 e. The van der Waals surface area contributed by atoms with Gasteiger partial charge in [-0.15, -0.1) is 0 Å². The molecule has 0 spiro atoms. The Hall–Kier alpha value is -1.64. The lowest BCUT2D eigenvalue weighted by Gasteiger charge is -2.10. The van der Waals surface area contributed by atoms with Crippen molar-refractivity contribution in [2.45, 2.75) is 38.5 Å². The Morgan fingerprint density at radius 2 is 1.83 bits per heavy atom. The van der Waals surface area contributed by atoms with Crippen molar-refractivity contribution in [2.75, 3.05) is 6.54 Å². The van der Waals surface area contributed by atoms with Crippen molar-refractivity contribution in [3.63, 3.8) is 0 Å². The van der Waals surface area contributed by atoms with E-state index in [0.717, 1.165) is 37.8 Å². The van der Waals surface area contributed by atoms with Crippen molar-refractivity contribution < 1.29 is 9.53 Å². The first-order valence-corrected chi connectivity index (χ1v) is 6.62. The van der Waals surface area contributed by atoms with Gasteiger partial charge in [0, 0.05) is 19.4 Å². The molecule has 1 aromatic carbocycles. The maximum Gasteiger partial charge on any atom is 0.312 e. The van der Waals surface area contributed by atoms with Crippen LogP contribution in [-0.4, -0.2) is 18.4 Å². The molecule has 3 heteroatoms. The fourth-order valence-electron chi connectivity index (χ4n) is 2.02. The Labute approximate surface area is 108 Å². The van der Waals surface area contributed by atoms with E-state index >= 15 is 0 Å². The van der Waals surface area contributed by atoms with Gasteiger partial charge in [0.1, 0.15) is 0 Å². The summed E-state index contributed by atoms with van der Waals surface area (Å²) in [6, 6.07) is 9.99. The van der Waals surface area contributed by atoms with Crippen LogP contribution < -0.4 is 0 Å². The molecule has 0 N–H and O–H groups in total. The Morgan fingerprint density at radius 1 is 1.06 bits per heavy atom. The van der Waals surface area contributed by atoms with E-state index in [4.69, 9.17) is 4.74 Å². The number of ether oxygens (including phenoxy) is 1. The predicted octanol–water partition coefficient (Wildman–Crippen LogP) is 3.13. The van der Waals surface area contributed by atoms with Crippen LogP contribution in [0.25, 0.3) is 0 Å². The highest BCUT2D eigenvalue weighted by atomic mass is 16.5. The van der Waals surface area contributed by atoms with Crippen LogP contribution in [0.2, 0.25) is 0 Å². The second-order valence-electron chi connectivity index (χ2n) is 4.58. The van der Waals surface area contributed by atoms with Crippen molar-refractivity contribution in [3.05, 3.63) is 35.9 Å². The number of hydrogen-bond donors (Lipinski definition) is 0. The van der Waals surface area contributed by atoms with E-state index in [9.17, 15) is 4.79 Å². The average molecular weight is 245 g/mol. The molecule has 0 fully saturated rings. The molecule has 0 aromatic heterocycles. The monoisotopic (exact) mass is 245 g/mol.